The van der Waals surface area contributed by atoms with Crippen LogP contribution in [-0.4, -0.2) is 40.4 Å². The van der Waals surface area contributed by atoms with Gasteiger partial charge in [0.2, 0.25) is 0 Å². The first-order valence-corrected chi connectivity index (χ1v) is 5.14. The molecule has 6 heteroatoms. The molecule has 0 aromatic rings. The molecule has 0 amide bonds. The van der Waals surface area contributed by atoms with Gasteiger partial charge in [-0.3, -0.25) is 4.79 Å². The molecule has 0 radical (unpaired) electrons. The molecule has 0 aromatic carbocycles. The van der Waals surface area contributed by atoms with Crippen LogP contribution in [0.15, 0.2) is 23.4 Å². The zero-order valence-electron chi connectivity index (χ0n) is 9.43. The van der Waals surface area contributed by atoms with Gasteiger partial charge in [0, 0.05) is 17.8 Å². The Hall–Kier alpha value is -1.82. The lowest BCUT2D eigenvalue weighted by molar-refractivity contribution is -0.145. The smallest absolute Gasteiger partial charge is 0.331 e. The van der Waals surface area contributed by atoms with Crippen LogP contribution in [0.5, 0.6) is 0 Å². The van der Waals surface area contributed by atoms with Crippen LogP contribution in [0, 0.1) is 5.41 Å². The highest BCUT2D eigenvalue weighted by atomic mass is 16.4. The Morgan fingerprint density at radius 3 is 2.59 bits per heavy atom. The molecule has 0 aromatic heterocycles. The summed E-state index contributed by atoms with van der Waals surface area (Å²) in [6.07, 6.45) is 2.81. The third-order valence-electron chi connectivity index (χ3n) is 2.57. The van der Waals surface area contributed by atoms with Gasteiger partial charge in [-0.25, -0.2) is 4.79 Å². The molecule has 1 rings (SSSR count). The highest BCUT2D eigenvalue weighted by Gasteiger charge is 2.36. The molecule has 0 bridgehead atoms. The minimum Gasteiger partial charge on any atom is -0.481 e. The molecule has 1 unspecified atom stereocenters. The summed E-state index contributed by atoms with van der Waals surface area (Å²) in [5.74, 6) is -2.21. The van der Waals surface area contributed by atoms with E-state index in [4.69, 9.17) is 15.3 Å². The number of rotatable bonds is 5. The normalized spacial score (nSPS) is 23.6. The van der Waals surface area contributed by atoms with Gasteiger partial charge in [0.1, 0.15) is 0 Å². The fourth-order valence-electron chi connectivity index (χ4n) is 1.65. The maximum Gasteiger partial charge on any atom is 0.331 e. The van der Waals surface area contributed by atoms with Crippen LogP contribution < -0.4 is 5.32 Å². The molecule has 0 aliphatic heterocycles. The number of carboxylic acids is 2. The van der Waals surface area contributed by atoms with Gasteiger partial charge in [-0.2, -0.15) is 0 Å². The predicted molar refractivity (Wildman–Crippen MR) is 59.3 cm³/mol. The number of aliphatic hydroxyl groups excluding tert-OH is 1. The fraction of sp³-hybridized carbons (Fsp3) is 0.455. The van der Waals surface area contributed by atoms with E-state index in [0.29, 0.717) is 5.70 Å². The monoisotopic (exact) mass is 241 g/mol. The third kappa shape index (κ3) is 3.07. The van der Waals surface area contributed by atoms with Crippen LogP contribution in [0.1, 0.15) is 13.3 Å². The van der Waals surface area contributed by atoms with E-state index in [-0.39, 0.29) is 25.1 Å². The number of carbonyl (C=O) groups is 2. The summed E-state index contributed by atoms with van der Waals surface area (Å²) < 4.78 is 0. The van der Waals surface area contributed by atoms with Crippen LogP contribution in [-0.2, 0) is 9.59 Å². The van der Waals surface area contributed by atoms with Crippen molar-refractivity contribution >= 4 is 11.9 Å². The number of carboxylic acid groups (broad SMARTS) is 2. The number of nitrogens with one attached hydrogen (secondary N) is 1. The molecule has 0 heterocycles. The van der Waals surface area contributed by atoms with Gasteiger partial charge >= 0.3 is 11.9 Å². The van der Waals surface area contributed by atoms with Crippen LogP contribution in [0.2, 0.25) is 0 Å². The molecule has 0 saturated heterocycles. The largest absolute Gasteiger partial charge is 0.481 e. The minimum absolute atomic E-state index is 0.0397. The van der Waals surface area contributed by atoms with E-state index in [0.717, 1.165) is 0 Å². The van der Waals surface area contributed by atoms with Crippen molar-refractivity contribution in [3.63, 3.8) is 0 Å². The fourth-order valence-corrected chi connectivity index (χ4v) is 1.65. The van der Waals surface area contributed by atoms with Crippen LogP contribution in [0.3, 0.4) is 0 Å². The third-order valence-corrected chi connectivity index (χ3v) is 2.57. The van der Waals surface area contributed by atoms with E-state index in [1.165, 1.54) is 19.1 Å². The van der Waals surface area contributed by atoms with E-state index >= 15 is 0 Å². The molecule has 0 spiro atoms. The molecule has 1 atom stereocenters. The molecular formula is C11H15NO5. The molecule has 6 nitrogen and oxygen atoms in total. The van der Waals surface area contributed by atoms with Crippen molar-refractivity contribution in [2.75, 3.05) is 13.2 Å². The van der Waals surface area contributed by atoms with E-state index in [2.05, 4.69) is 5.32 Å². The molecule has 0 saturated carbocycles. The van der Waals surface area contributed by atoms with Crippen molar-refractivity contribution < 1.29 is 24.9 Å². The second kappa shape index (κ2) is 5.01. The quantitative estimate of drug-likeness (QED) is 0.538. The van der Waals surface area contributed by atoms with E-state index < -0.39 is 17.4 Å². The maximum absolute atomic E-state index is 11.1. The van der Waals surface area contributed by atoms with Gasteiger partial charge in [0.25, 0.3) is 0 Å². The lowest BCUT2D eigenvalue weighted by Gasteiger charge is -2.26. The van der Waals surface area contributed by atoms with Crippen molar-refractivity contribution in [2.45, 2.75) is 13.3 Å². The van der Waals surface area contributed by atoms with Gasteiger partial charge in [0.05, 0.1) is 12.0 Å². The van der Waals surface area contributed by atoms with Gasteiger partial charge in [-0.1, -0.05) is 0 Å². The molecule has 1 aliphatic rings. The lowest BCUT2D eigenvalue weighted by atomic mass is 9.79. The molecule has 1 aliphatic carbocycles. The first-order valence-electron chi connectivity index (χ1n) is 5.14. The Balaban J connectivity index is 3.02. The summed E-state index contributed by atoms with van der Waals surface area (Å²) in [4.78, 5) is 22.0. The van der Waals surface area contributed by atoms with Crippen LogP contribution in [0.25, 0.3) is 0 Å². The summed E-state index contributed by atoms with van der Waals surface area (Å²) in [5, 5.41) is 29.5. The number of allylic oxidation sites excluding steroid dienone is 1. The van der Waals surface area contributed by atoms with Crippen molar-refractivity contribution in [3.8, 4) is 0 Å². The Labute approximate surface area is 98.3 Å². The number of aliphatic hydroxyl groups is 1. The van der Waals surface area contributed by atoms with Crippen molar-refractivity contribution in [3.05, 3.63) is 23.4 Å². The van der Waals surface area contributed by atoms with Gasteiger partial charge in [-0.05, 0) is 25.5 Å². The number of hydrogen-bond acceptors (Lipinski definition) is 4. The second-order valence-corrected chi connectivity index (χ2v) is 4.12. The van der Waals surface area contributed by atoms with E-state index in [1.807, 2.05) is 0 Å². The van der Waals surface area contributed by atoms with E-state index in [9.17, 15) is 9.59 Å². The molecule has 4 N–H and O–H groups in total. The lowest BCUT2D eigenvalue weighted by Crippen LogP contribution is -2.32. The summed E-state index contributed by atoms with van der Waals surface area (Å²) in [6.45, 7) is 1.59. The Bertz CT molecular complexity index is 399. The van der Waals surface area contributed by atoms with Crippen molar-refractivity contribution in [2.24, 2.45) is 5.41 Å². The first-order chi connectivity index (χ1) is 7.89. The highest BCUT2D eigenvalue weighted by Crippen LogP contribution is 2.33. The average molecular weight is 241 g/mol. The Kier molecular flexibility index (Phi) is 3.90. The standard InChI is InChI=1S/C11H15NO5/c1-11(10(16)17)5-7(9(14)15)4-8(6-11)12-2-3-13/h4,6,12-13H,2-3,5H2,1H3,(H,14,15)(H,16,17). The Morgan fingerprint density at radius 2 is 2.12 bits per heavy atom. The van der Waals surface area contributed by atoms with Gasteiger partial charge in [0.15, 0.2) is 0 Å². The SMILES string of the molecule is CC1(C(=O)O)C=C(NCCO)C=C(C(=O)O)C1. The molecule has 0 fully saturated rings. The maximum atomic E-state index is 11.1. The Morgan fingerprint density at radius 1 is 1.47 bits per heavy atom. The summed E-state index contributed by atoms with van der Waals surface area (Å²) in [5.41, 5.74) is -0.786. The van der Waals surface area contributed by atoms with Gasteiger partial charge < -0.3 is 20.6 Å². The molecular weight excluding hydrogens is 226 g/mol. The summed E-state index contributed by atoms with van der Waals surface area (Å²) in [6, 6.07) is 0. The summed E-state index contributed by atoms with van der Waals surface area (Å²) in [7, 11) is 0. The molecule has 94 valence electrons. The predicted octanol–water partition coefficient (Wildman–Crippen LogP) is -0.0422. The van der Waals surface area contributed by atoms with E-state index in [1.54, 1.807) is 0 Å². The number of hydrogen-bond donors (Lipinski definition) is 4. The summed E-state index contributed by atoms with van der Waals surface area (Å²) >= 11 is 0. The van der Waals surface area contributed by atoms with Crippen LogP contribution in [0.4, 0.5) is 0 Å². The first kappa shape index (κ1) is 13.2. The second-order valence-electron chi connectivity index (χ2n) is 4.12. The van der Waals surface area contributed by atoms with Crippen molar-refractivity contribution in [1.29, 1.82) is 0 Å². The zero-order valence-corrected chi connectivity index (χ0v) is 9.43. The van der Waals surface area contributed by atoms with Crippen molar-refractivity contribution in [1.82, 2.24) is 5.32 Å². The van der Waals surface area contributed by atoms with Gasteiger partial charge in [-0.15, -0.1) is 0 Å². The number of aliphatic carboxylic acids is 2. The highest BCUT2D eigenvalue weighted by molar-refractivity contribution is 5.90. The minimum atomic E-state index is -1.24. The average Bonchev–Trinajstić information content (AvgIpc) is 2.25. The topological polar surface area (TPSA) is 107 Å². The van der Waals surface area contributed by atoms with Crippen LogP contribution >= 0.6 is 0 Å². The molecule has 17 heavy (non-hydrogen) atoms. The zero-order chi connectivity index (χ0) is 13.1.